The molecule has 2 heterocycles. The van der Waals surface area contributed by atoms with E-state index in [9.17, 15) is 0 Å². The van der Waals surface area contributed by atoms with Gasteiger partial charge >= 0.3 is 0 Å². The van der Waals surface area contributed by atoms with E-state index >= 15 is 0 Å². The van der Waals surface area contributed by atoms with Gasteiger partial charge in [-0.3, -0.25) is 0 Å². The number of rotatable bonds is 5. The van der Waals surface area contributed by atoms with Crippen LogP contribution in [0, 0.1) is 0 Å². The third-order valence-corrected chi connectivity index (χ3v) is 15.9. The van der Waals surface area contributed by atoms with Gasteiger partial charge in [-0.15, -0.1) is 0 Å². The van der Waals surface area contributed by atoms with Crippen molar-refractivity contribution in [2.24, 2.45) is 0 Å². The summed E-state index contributed by atoms with van der Waals surface area (Å²) in [6.45, 7) is 0. The smallest absolute Gasteiger partial charge is 0.160 e. The standard InChI is InChI=1S/C69H42N2O/c1-3-20-43(21-4-1)44-22-19-25-46(40-44)70(47-38-39-53-52-30-13-17-36-60(52)71(61(53)41-47)45-23-5-2-6-24-45)62-42-59-66(65-56-33-14-18-37-63(56)72-68(62)65)64-54-31-9-7-26-48(54)49-27-8-10-32-55(49)67(64)69(59)57-34-15-11-28-50(57)51-29-12-16-35-58(51)69/h1-42H. The minimum absolute atomic E-state index is 0.677. The first-order chi connectivity index (χ1) is 35.8. The molecule has 1 spiro atoms. The van der Waals surface area contributed by atoms with E-state index in [1.54, 1.807) is 0 Å². The molecular formula is C69H42N2O. The fourth-order valence-electron chi connectivity index (χ4n) is 13.2. The molecule has 0 bridgehead atoms. The first-order valence-electron chi connectivity index (χ1n) is 24.9. The van der Waals surface area contributed by atoms with E-state index in [0.717, 1.165) is 61.3 Å². The summed E-state index contributed by atoms with van der Waals surface area (Å²) in [4.78, 5) is 2.48. The van der Waals surface area contributed by atoms with Crippen molar-refractivity contribution in [3.8, 4) is 39.1 Å². The highest BCUT2D eigenvalue weighted by atomic mass is 16.3. The molecule has 2 aliphatic rings. The van der Waals surface area contributed by atoms with Crippen LogP contribution in [0.1, 0.15) is 22.3 Å². The quantitative estimate of drug-likeness (QED) is 0.160. The van der Waals surface area contributed by atoms with Crippen LogP contribution in [-0.4, -0.2) is 4.57 Å². The third kappa shape index (κ3) is 5.18. The summed E-state index contributed by atoms with van der Waals surface area (Å²) in [6.07, 6.45) is 0. The van der Waals surface area contributed by atoms with Crippen LogP contribution in [0.5, 0.6) is 0 Å². The molecule has 3 heteroatoms. The molecule has 3 nitrogen and oxygen atoms in total. The molecule has 0 aliphatic heterocycles. The van der Waals surface area contributed by atoms with Crippen molar-refractivity contribution >= 4 is 82.4 Å². The van der Waals surface area contributed by atoms with Gasteiger partial charge in [0, 0.05) is 38.6 Å². The Balaban J connectivity index is 1.10. The van der Waals surface area contributed by atoms with Gasteiger partial charge in [0.15, 0.2) is 5.58 Å². The molecule has 12 aromatic carbocycles. The summed E-state index contributed by atoms with van der Waals surface area (Å²) in [5.74, 6) is 0. The Morgan fingerprint density at radius 3 is 1.69 bits per heavy atom. The molecule has 0 saturated carbocycles. The summed E-state index contributed by atoms with van der Waals surface area (Å²) >= 11 is 0. The first-order valence-corrected chi connectivity index (χ1v) is 24.9. The molecule has 0 unspecified atom stereocenters. The SMILES string of the molecule is c1ccc(-c2cccc(N(c3ccc4c5ccccc5n(-c5ccccc5)c4c3)c3cc4c(c5c3oc3ccccc35)-c3c(c5ccccc5c5ccccc35)C43c4ccccc4-c4ccccc43)c2)cc1. The second-order valence-electron chi connectivity index (χ2n) is 19.4. The van der Waals surface area contributed by atoms with Gasteiger partial charge in [-0.05, 0) is 132 Å². The van der Waals surface area contributed by atoms with Crippen LogP contribution in [0.2, 0.25) is 0 Å². The molecule has 72 heavy (non-hydrogen) atoms. The predicted octanol–water partition coefficient (Wildman–Crippen LogP) is 18.5. The van der Waals surface area contributed by atoms with E-state index in [1.807, 2.05) is 0 Å². The lowest BCUT2D eigenvalue weighted by atomic mass is 9.69. The highest BCUT2D eigenvalue weighted by Gasteiger charge is 2.54. The van der Waals surface area contributed by atoms with Gasteiger partial charge in [-0.25, -0.2) is 0 Å². The van der Waals surface area contributed by atoms with Crippen LogP contribution in [0.15, 0.2) is 259 Å². The molecule has 334 valence electrons. The van der Waals surface area contributed by atoms with Crippen LogP contribution in [0.3, 0.4) is 0 Å². The van der Waals surface area contributed by atoms with E-state index in [1.165, 1.54) is 82.3 Å². The Hall–Kier alpha value is -9.44. The summed E-state index contributed by atoms with van der Waals surface area (Å²) in [6, 6.07) is 94.0. The van der Waals surface area contributed by atoms with E-state index in [0.29, 0.717) is 0 Å². The van der Waals surface area contributed by atoms with Gasteiger partial charge in [0.05, 0.1) is 22.1 Å². The maximum Gasteiger partial charge on any atom is 0.160 e. The molecule has 2 aromatic heterocycles. The van der Waals surface area contributed by atoms with Crippen molar-refractivity contribution in [3.63, 3.8) is 0 Å². The second-order valence-corrected chi connectivity index (χ2v) is 19.4. The van der Waals surface area contributed by atoms with Crippen molar-refractivity contribution in [2.75, 3.05) is 4.90 Å². The van der Waals surface area contributed by atoms with Crippen LogP contribution < -0.4 is 4.90 Å². The zero-order valence-corrected chi connectivity index (χ0v) is 39.1. The predicted molar refractivity (Wildman–Crippen MR) is 299 cm³/mol. The van der Waals surface area contributed by atoms with Crippen LogP contribution >= 0.6 is 0 Å². The number of aromatic nitrogens is 1. The Kier molecular flexibility index (Phi) is 8.09. The Labute approximate surface area is 415 Å². The number of fused-ring (bicyclic) bond motifs is 22. The van der Waals surface area contributed by atoms with Gasteiger partial charge < -0.3 is 13.9 Å². The largest absolute Gasteiger partial charge is 0.454 e. The second kappa shape index (κ2) is 14.8. The topological polar surface area (TPSA) is 21.3 Å². The van der Waals surface area contributed by atoms with Gasteiger partial charge in [0.1, 0.15) is 5.58 Å². The van der Waals surface area contributed by atoms with Crippen LogP contribution in [-0.2, 0) is 5.41 Å². The van der Waals surface area contributed by atoms with Crippen molar-refractivity contribution in [1.82, 2.24) is 4.57 Å². The van der Waals surface area contributed by atoms with Crippen molar-refractivity contribution < 1.29 is 4.42 Å². The normalized spacial score (nSPS) is 13.1. The molecule has 0 radical (unpaired) electrons. The lowest BCUT2D eigenvalue weighted by Gasteiger charge is -2.33. The average molecular weight is 915 g/mol. The maximum absolute atomic E-state index is 7.43. The fourth-order valence-corrected chi connectivity index (χ4v) is 13.2. The Morgan fingerprint density at radius 2 is 0.931 bits per heavy atom. The maximum atomic E-state index is 7.43. The van der Waals surface area contributed by atoms with Gasteiger partial charge in [-0.1, -0.05) is 200 Å². The first kappa shape index (κ1) is 39.4. The molecule has 16 rings (SSSR count). The molecule has 2 aliphatic carbocycles. The minimum Gasteiger partial charge on any atom is -0.454 e. The highest BCUT2D eigenvalue weighted by molar-refractivity contribution is 6.27. The fraction of sp³-hybridized carbons (Fsp3) is 0.0145. The van der Waals surface area contributed by atoms with E-state index in [2.05, 4.69) is 264 Å². The van der Waals surface area contributed by atoms with Gasteiger partial charge in [0.2, 0.25) is 0 Å². The number of benzene rings is 12. The van der Waals surface area contributed by atoms with Crippen molar-refractivity contribution in [3.05, 3.63) is 277 Å². The number of hydrogen-bond acceptors (Lipinski definition) is 2. The number of hydrogen-bond donors (Lipinski definition) is 0. The third-order valence-electron chi connectivity index (χ3n) is 15.9. The Bertz CT molecular complexity index is 4530. The van der Waals surface area contributed by atoms with Crippen LogP contribution in [0.25, 0.3) is 104 Å². The Morgan fingerprint density at radius 1 is 0.361 bits per heavy atom. The summed E-state index contributed by atoms with van der Waals surface area (Å²) in [5, 5.41) is 9.67. The lowest BCUT2D eigenvalue weighted by Crippen LogP contribution is -2.26. The minimum atomic E-state index is -0.677. The van der Waals surface area contributed by atoms with Crippen molar-refractivity contribution in [1.29, 1.82) is 0 Å². The molecule has 0 fully saturated rings. The lowest BCUT2D eigenvalue weighted by molar-refractivity contribution is 0.668. The van der Waals surface area contributed by atoms with Gasteiger partial charge in [-0.2, -0.15) is 0 Å². The molecule has 0 saturated heterocycles. The zero-order chi connectivity index (χ0) is 47.1. The number of para-hydroxylation sites is 3. The average Bonchev–Trinajstić information content (AvgIpc) is 4.18. The summed E-state index contributed by atoms with van der Waals surface area (Å²) < 4.78 is 9.85. The molecular weight excluding hydrogens is 873 g/mol. The number of furan rings is 1. The highest BCUT2D eigenvalue weighted by Crippen LogP contribution is 2.68. The van der Waals surface area contributed by atoms with Gasteiger partial charge in [0.25, 0.3) is 0 Å². The van der Waals surface area contributed by atoms with E-state index in [-0.39, 0.29) is 0 Å². The van der Waals surface area contributed by atoms with Crippen molar-refractivity contribution in [2.45, 2.75) is 5.41 Å². The summed E-state index contributed by atoms with van der Waals surface area (Å²) in [5.41, 5.74) is 20.1. The molecule has 0 atom stereocenters. The van der Waals surface area contributed by atoms with Crippen LogP contribution in [0.4, 0.5) is 17.1 Å². The molecule has 14 aromatic rings. The summed E-state index contributed by atoms with van der Waals surface area (Å²) in [7, 11) is 0. The zero-order valence-electron chi connectivity index (χ0n) is 39.1. The number of anilines is 3. The van der Waals surface area contributed by atoms with E-state index < -0.39 is 5.41 Å². The monoisotopic (exact) mass is 914 g/mol. The van der Waals surface area contributed by atoms with E-state index in [4.69, 9.17) is 4.42 Å². The number of nitrogens with zero attached hydrogens (tertiary/aromatic N) is 2. The molecule has 0 N–H and O–H groups in total. The molecule has 0 amide bonds.